The first-order valence-corrected chi connectivity index (χ1v) is 15.6. The molecule has 1 aromatic heterocycles. The second-order valence-electron chi connectivity index (χ2n) is 10.7. The topological polar surface area (TPSA) is 59.5 Å². The standard InChI is InChI=1S/C34H42N4O4S/c1-36-14-16-37(17-15-36)31-12-10-27(11-13-31)22-38(23-28-6-4-8-32(20-28)39-2)34-35-30(26-43-34)25-42-19-18-41-24-29-7-5-9-33(21-29)40-3/h4-13,20-21,26H,14-19,22-25H2,1-3H3. The van der Waals surface area contributed by atoms with Crippen molar-refractivity contribution in [2.75, 3.05) is 70.5 Å². The molecule has 0 amide bonds. The molecule has 0 N–H and O–H groups in total. The fraction of sp³-hybridized carbons (Fsp3) is 0.382. The molecule has 5 rings (SSSR count). The molecule has 0 bridgehead atoms. The van der Waals surface area contributed by atoms with Gasteiger partial charge in [0.25, 0.3) is 0 Å². The highest BCUT2D eigenvalue weighted by atomic mass is 32.1. The monoisotopic (exact) mass is 602 g/mol. The summed E-state index contributed by atoms with van der Waals surface area (Å²) in [6.07, 6.45) is 0. The molecule has 8 nitrogen and oxygen atoms in total. The van der Waals surface area contributed by atoms with Crippen LogP contribution in [-0.4, -0.2) is 70.5 Å². The van der Waals surface area contributed by atoms with Crippen molar-refractivity contribution in [2.24, 2.45) is 0 Å². The second-order valence-corrected chi connectivity index (χ2v) is 11.6. The molecule has 9 heteroatoms. The smallest absolute Gasteiger partial charge is 0.186 e. The zero-order chi connectivity index (χ0) is 29.9. The predicted molar refractivity (Wildman–Crippen MR) is 173 cm³/mol. The van der Waals surface area contributed by atoms with Crippen molar-refractivity contribution in [3.8, 4) is 11.5 Å². The zero-order valence-electron chi connectivity index (χ0n) is 25.4. The summed E-state index contributed by atoms with van der Waals surface area (Å²) in [7, 11) is 5.56. The van der Waals surface area contributed by atoms with E-state index in [1.807, 2.05) is 36.4 Å². The van der Waals surface area contributed by atoms with Gasteiger partial charge in [0.1, 0.15) is 11.5 Å². The van der Waals surface area contributed by atoms with E-state index >= 15 is 0 Å². The Kier molecular flexibility index (Phi) is 11.3. The van der Waals surface area contributed by atoms with Crippen LogP contribution in [0.4, 0.5) is 10.8 Å². The van der Waals surface area contributed by atoms with Crippen LogP contribution >= 0.6 is 11.3 Å². The summed E-state index contributed by atoms with van der Waals surface area (Å²) in [6, 6.07) is 25.1. The maximum atomic E-state index is 5.89. The molecule has 0 radical (unpaired) electrons. The molecule has 4 aromatic rings. The molecule has 1 fully saturated rings. The zero-order valence-corrected chi connectivity index (χ0v) is 26.2. The first-order chi connectivity index (χ1) is 21.1. The van der Waals surface area contributed by atoms with Crippen LogP contribution in [0, 0.1) is 0 Å². The van der Waals surface area contributed by atoms with Gasteiger partial charge in [0, 0.05) is 50.3 Å². The van der Waals surface area contributed by atoms with E-state index in [2.05, 4.69) is 63.5 Å². The molecule has 0 unspecified atom stereocenters. The highest BCUT2D eigenvalue weighted by molar-refractivity contribution is 7.13. The van der Waals surface area contributed by atoms with Gasteiger partial charge in [-0.3, -0.25) is 0 Å². The number of thiazole rings is 1. The third-order valence-electron chi connectivity index (χ3n) is 7.52. The van der Waals surface area contributed by atoms with Gasteiger partial charge >= 0.3 is 0 Å². The number of anilines is 2. The van der Waals surface area contributed by atoms with E-state index in [1.165, 1.54) is 16.8 Å². The molecule has 43 heavy (non-hydrogen) atoms. The lowest BCUT2D eigenvalue weighted by Gasteiger charge is -2.34. The van der Waals surface area contributed by atoms with E-state index < -0.39 is 0 Å². The predicted octanol–water partition coefficient (Wildman–Crippen LogP) is 5.85. The number of likely N-dealkylation sites (N-methyl/N-ethyl adjacent to an activating group) is 1. The Morgan fingerprint density at radius 2 is 1.37 bits per heavy atom. The maximum Gasteiger partial charge on any atom is 0.186 e. The quantitative estimate of drug-likeness (QED) is 0.157. The molecule has 228 valence electrons. The number of aromatic nitrogens is 1. The van der Waals surface area contributed by atoms with Gasteiger partial charge in [-0.15, -0.1) is 11.3 Å². The van der Waals surface area contributed by atoms with Crippen molar-refractivity contribution in [3.05, 3.63) is 101 Å². The number of ether oxygens (including phenoxy) is 4. The van der Waals surface area contributed by atoms with Crippen LogP contribution in [-0.2, 0) is 35.8 Å². The molecule has 1 aliphatic heterocycles. The number of nitrogens with zero attached hydrogens (tertiary/aromatic N) is 4. The van der Waals surface area contributed by atoms with Crippen LogP contribution in [0.25, 0.3) is 0 Å². The first-order valence-electron chi connectivity index (χ1n) is 14.7. The molecule has 0 aliphatic carbocycles. The average Bonchev–Trinajstić information content (AvgIpc) is 3.52. The number of piperazine rings is 1. The number of benzene rings is 3. The van der Waals surface area contributed by atoms with Crippen LogP contribution in [0.5, 0.6) is 11.5 Å². The molecule has 0 saturated carbocycles. The highest BCUT2D eigenvalue weighted by Gasteiger charge is 2.16. The molecule has 0 atom stereocenters. The SMILES string of the molecule is COc1cccc(COCCOCc2csc(N(Cc3ccc(N4CCN(C)CC4)cc3)Cc3cccc(OC)c3)n2)c1. The van der Waals surface area contributed by atoms with Gasteiger partial charge in [0.2, 0.25) is 0 Å². The van der Waals surface area contributed by atoms with Crippen molar-refractivity contribution in [3.63, 3.8) is 0 Å². The number of methoxy groups -OCH3 is 2. The van der Waals surface area contributed by atoms with Gasteiger partial charge in [-0.1, -0.05) is 36.4 Å². The minimum atomic E-state index is 0.450. The number of rotatable bonds is 15. The third-order valence-corrected chi connectivity index (χ3v) is 8.47. The van der Waals surface area contributed by atoms with Crippen LogP contribution in [0.2, 0.25) is 0 Å². The van der Waals surface area contributed by atoms with Crippen LogP contribution < -0.4 is 19.3 Å². The normalized spacial score (nSPS) is 13.7. The molecule has 1 saturated heterocycles. The van der Waals surface area contributed by atoms with Gasteiger partial charge < -0.3 is 33.6 Å². The van der Waals surface area contributed by atoms with Gasteiger partial charge in [0.15, 0.2) is 5.13 Å². The lowest BCUT2D eigenvalue weighted by Crippen LogP contribution is -2.44. The van der Waals surface area contributed by atoms with Crippen molar-refractivity contribution in [2.45, 2.75) is 26.3 Å². The summed E-state index contributed by atoms with van der Waals surface area (Å²) >= 11 is 1.65. The minimum absolute atomic E-state index is 0.450. The fourth-order valence-corrected chi connectivity index (χ4v) is 5.84. The summed E-state index contributed by atoms with van der Waals surface area (Å²) in [5.41, 5.74) is 5.72. The summed E-state index contributed by atoms with van der Waals surface area (Å²) < 4.78 is 22.4. The van der Waals surface area contributed by atoms with Gasteiger partial charge in [0.05, 0.1) is 46.3 Å². The van der Waals surface area contributed by atoms with E-state index in [1.54, 1.807) is 25.6 Å². The van der Waals surface area contributed by atoms with Gasteiger partial charge in [-0.05, 0) is 60.1 Å². The van der Waals surface area contributed by atoms with E-state index in [9.17, 15) is 0 Å². The summed E-state index contributed by atoms with van der Waals surface area (Å²) in [4.78, 5) is 12.1. The Hall–Kier alpha value is -3.63. The summed E-state index contributed by atoms with van der Waals surface area (Å²) in [5.74, 6) is 1.69. The summed E-state index contributed by atoms with van der Waals surface area (Å²) in [5, 5.41) is 3.06. The van der Waals surface area contributed by atoms with Crippen LogP contribution in [0.1, 0.15) is 22.4 Å². The van der Waals surface area contributed by atoms with Crippen molar-refractivity contribution in [1.29, 1.82) is 0 Å². The minimum Gasteiger partial charge on any atom is -0.497 e. The Morgan fingerprint density at radius 3 is 2.07 bits per heavy atom. The molecule has 1 aliphatic rings. The Bertz CT molecular complexity index is 1410. The van der Waals surface area contributed by atoms with E-state index in [0.29, 0.717) is 26.4 Å². The average molecular weight is 603 g/mol. The van der Waals surface area contributed by atoms with Crippen molar-refractivity contribution >= 4 is 22.2 Å². The van der Waals surface area contributed by atoms with E-state index in [0.717, 1.165) is 67.2 Å². The second kappa shape index (κ2) is 15.7. The lowest BCUT2D eigenvalue weighted by molar-refractivity contribution is 0.0330. The fourth-order valence-electron chi connectivity index (χ4n) is 5.03. The highest BCUT2D eigenvalue weighted by Crippen LogP contribution is 2.27. The van der Waals surface area contributed by atoms with E-state index in [4.69, 9.17) is 23.9 Å². The molecule has 3 aromatic carbocycles. The lowest BCUT2D eigenvalue weighted by atomic mass is 10.1. The molecule has 0 spiro atoms. The maximum absolute atomic E-state index is 5.89. The van der Waals surface area contributed by atoms with Gasteiger partial charge in [-0.25, -0.2) is 4.98 Å². The molecule has 2 heterocycles. The first kappa shape index (κ1) is 30.8. The van der Waals surface area contributed by atoms with Crippen LogP contribution in [0.3, 0.4) is 0 Å². The van der Waals surface area contributed by atoms with Crippen molar-refractivity contribution in [1.82, 2.24) is 9.88 Å². The Balaban J connectivity index is 1.17. The largest absolute Gasteiger partial charge is 0.497 e. The van der Waals surface area contributed by atoms with Crippen molar-refractivity contribution < 1.29 is 18.9 Å². The molecular formula is C34H42N4O4S. The van der Waals surface area contributed by atoms with Gasteiger partial charge in [-0.2, -0.15) is 0 Å². The Morgan fingerprint density at radius 1 is 0.744 bits per heavy atom. The number of hydrogen-bond donors (Lipinski definition) is 0. The number of hydrogen-bond acceptors (Lipinski definition) is 9. The Labute approximate surface area is 259 Å². The molecular weight excluding hydrogens is 560 g/mol. The van der Waals surface area contributed by atoms with Crippen LogP contribution in [0.15, 0.2) is 78.2 Å². The third kappa shape index (κ3) is 9.18. The van der Waals surface area contributed by atoms with E-state index in [-0.39, 0.29) is 0 Å². The summed E-state index contributed by atoms with van der Waals surface area (Å²) in [6.45, 7) is 7.81.